The fourth-order valence-electron chi connectivity index (χ4n) is 1.42. The van der Waals surface area contributed by atoms with Crippen molar-refractivity contribution in [2.24, 2.45) is 0 Å². The Morgan fingerprint density at radius 1 is 1.06 bits per heavy atom. The second-order valence-electron chi connectivity index (χ2n) is 3.72. The molecule has 3 nitrogen and oxygen atoms in total. The Hall–Kier alpha value is -0.900. The van der Waals surface area contributed by atoms with Crippen molar-refractivity contribution in [3.63, 3.8) is 0 Å². The first-order chi connectivity index (χ1) is 7.93. The Bertz CT molecular complexity index is 251. The first-order valence-electron chi connectivity index (χ1n) is 5.86. The van der Waals surface area contributed by atoms with Crippen LogP contribution in [0.1, 0.15) is 18.4 Å². The summed E-state index contributed by atoms with van der Waals surface area (Å²) in [5.74, 6) is 0. The standard InChI is InChI=1S/C13H21NO2/c15-10-9-14-8-4-5-11-16-12-13-6-2-1-3-7-13/h1-3,6-7,14-15H,4-5,8-12H2. The number of rotatable bonds is 9. The Kier molecular flexibility index (Phi) is 7.68. The summed E-state index contributed by atoms with van der Waals surface area (Å²) in [7, 11) is 0. The molecule has 0 unspecified atom stereocenters. The van der Waals surface area contributed by atoms with Gasteiger partial charge in [0.1, 0.15) is 0 Å². The van der Waals surface area contributed by atoms with Crippen LogP contribution in [0.3, 0.4) is 0 Å². The van der Waals surface area contributed by atoms with E-state index in [1.165, 1.54) is 5.56 Å². The van der Waals surface area contributed by atoms with Crippen molar-refractivity contribution >= 4 is 0 Å². The molecule has 1 aromatic rings. The molecule has 0 aliphatic carbocycles. The average Bonchev–Trinajstić information content (AvgIpc) is 2.34. The SMILES string of the molecule is OCCNCCCCOCc1ccccc1. The minimum atomic E-state index is 0.213. The summed E-state index contributed by atoms with van der Waals surface area (Å²) in [5.41, 5.74) is 1.22. The fraction of sp³-hybridized carbons (Fsp3) is 0.538. The molecule has 0 spiro atoms. The Labute approximate surface area is 97.4 Å². The van der Waals surface area contributed by atoms with E-state index in [0.29, 0.717) is 13.2 Å². The molecule has 0 atom stereocenters. The van der Waals surface area contributed by atoms with Gasteiger partial charge in [0, 0.05) is 13.2 Å². The van der Waals surface area contributed by atoms with Gasteiger partial charge in [0.05, 0.1) is 13.2 Å². The maximum Gasteiger partial charge on any atom is 0.0716 e. The van der Waals surface area contributed by atoms with E-state index in [-0.39, 0.29) is 6.61 Å². The van der Waals surface area contributed by atoms with Gasteiger partial charge in [-0.1, -0.05) is 30.3 Å². The third-order valence-electron chi connectivity index (χ3n) is 2.29. The van der Waals surface area contributed by atoms with Crippen molar-refractivity contribution in [2.45, 2.75) is 19.4 Å². The molecule has 90 valence electrons. The highest BCUT2D eigenvalue weighted by molar-refractivity contribution is 5.13. The largest absolute Gasteiger partial charge is 0.395 e. The summed E-state index contributed by atoms with van der Waals surface area (Å²) in [6, 6.07) is 10.2. The summed E-state index contributed by atoms with van der Waals surface area (Å²) in [5, 5.41) is 11.7. The van der Waals surface area contributed by atoms with E-state index >= 15 is 0 Å². The molecule has 1 aromatic carbocycles. The molecular formula is C13H21NO2. The topological polar surface area (TPSA) is 41.5 Å². The van der Waals surface area contributed by atoms with Crippen molar-refractivity contribution < 1.29 is 9.84 Å². The van der Waals surface area contributed by atoms with Crippen LogP contribution in [-0.2, 0) is 11.3 Å². The molecule has 0 saturated carbocycles. The van der Waals surface area contributed by atoms with Crippen molar-refractivity contribution in [3.8, 4) is 0 Å². The Morgan fingerprint density at radius 2 is 1.88 bits per heavy atom. The second kappa shape index (κ2) is 9.33. The van der Waals surface area contributed by atoms with Gasteiger partial charge in [0.15, 0.2) is 0 Å². The van der Waals surface area contributed by atoms with E-state index in [0.717, 1.165) is 26.0 Å². The smallest absolute Gasteiger partial charge is 0.0716 e. The highest BCUT2D eigenvalue weighted by Crippen LogP contribution is 2.01. The molecule has 1 rings (SSSR count). The summed E-state index contributed by atoms with van der Waals surface area (Å²) >= 11 is 0. The van der Waals surface area contributed by atoms with Crippen LogP contribution in [0.25, 0.3) is 0 Å². The average molecular weight is 223 g/mol. The third-order valence-corrected chi connectivity index (χ3v) is 2.29. The lowest BCUT2D eigenvalue weighted by Gasteiger charge is -2.05. The van der Waals surface area contributed by atoms with Gasteiger partial charge >= 0.3 is 0 Å². The molecule has 16 heavy (non-hydrogen) atoms. The van der Waals surface area contributed by atoms with Gasteiger partial charge in [-0.05, 0) is 24.9 Å². The van der Waals surface area contributed by atoms with E-state index in [1.807, 2.05) is 18.2 Å². The van der Waals surface area contributed by atoms with Crippen LogP contribution in [0.4, 0.5) is 0 Å². The zero-order valence-corrected chi connectivity index (χ0v) is 9.69. The predicted molar refractivity (Wildman–Crippen MR) is 65.3 cm³/mol. The zero-order valence-electron chi connectivity index (χ0n) is 9.69. The van der Waals surface area contributed by atoms with Gasteiger partial charge in [-0.15, -0.1) is 0 Å². The van der Waals surface area contributed by atoms with Crippen molar-refractivity contribution in [1.82, 2.24) is 5.32 Å². The quantitative estimate of drug-likeness (QED) is 0.624. The minimum absolute atomic E-state index is 0.213. The van der Waals surface area contributed by atoms with Crippen LogP contribution < -0.4 is 5.32 Å². The second-order valence-corrected chi connectivity index (χ2v) is 3.72. The molecule has 0 aromatic heterocycles. The van der Waals surface area contributed by atoms with Gasteiger partial charge in [-0.2, -0.15) is 0 Å². The molecule has 3 heteroatoms. The molecule has 0 aliphatic rings. The summed E-state index contributed by atoms with van der Waals surface area (Å²) in [6.07, 6.45) is 2.15. The van der Waals surface area contributed by atoms with E-state index in [1.54, 1.807) is 0 Å². The van der Waals surface area contributed by atoms with Crippen LogP contribution in [-0.4, -0.2) is 31.4 Å². The molecule has 0 bridgehead atoms. The number of aliphatic hydroxyl groups is 1. The van der Waals surface area contributed by atoms with Gasteiger partial charge in [0.25, 0.3) is 0 Å². The lowest BCUT2D eigenvalue weighted by molar-refractivity contribution is 0.117. The van der Waals surface area contributed by atoms with Gasteiger partial charge in [0.2, 0.25) is 0 Å². The van der Waals surface area contributed by atoms with Crippen LogP contribution in [0.15, 0.2) is 30.3 Å². The van der Waals surface area contributed by atoms with E-state index < -0.39 is 0 Å². The molecule has 0 radical (unpaired) electrons. The molecule has 0 aliphatic heterocycles. The maximum atomic E-state index is 8.55. The summed E-state index contributed by atoms with van der Waals surface area (Å²) in [4.78, 5) is 0. The van der Waals surface area contributed by atoms with E-state index in [2.05, 4.69) is 17.4 Å². The molecule has 0 amide bonds. The maximum absolute atomic E-state index is 8.55. The van der Waals surface area contributed by atoms with Crippen molar-refractivity contribution in [2.75, 3.05) is 26.3 Å². The number of hydrogen-bond donors (Lipinski definition) is 2. The predicted octanol–water partition coefficient (Wildman–Crippen LogP) is 1.57. The van der Waals surface area contributed by atoms with Crippen LogP contribution in [0.2, 0.25) is 0 Å². The van der Waals surface area contributed by atoms with E-state index in [9.17, 15) is 0 Å². The molecular weight excluding hydrogens is 202 g/mol. The molecule has 2 N–H and O–H groups in total. The number of benzene rings is 1. The summed E-state index contributed by atoms with van der Waals surface area (Å²) in [6.45, 7) is 3.35. The Morgan fingerprint density at radius 3 is 2.62 bits per heavy atom. The lowest BCUT2D eigenvalue weighted by atomic mass is 10.2. The molecule has 0 fully saturated rings. The lowest BCUT2D eigenvalue weighted by Crippen LogP contribution is -2.19. The number of nitrogens with one attached hydrogen (secondary N) is 1. The number of unbranched alkanes of at least 4 members (excludes halogenated alkanes) is 1. The van der Waals surface area contributed by atoms with Crippen molar-refractivity contribution in [1.29, 1.82) is 0 Å². The zero-order chi connectivity index (χ0) is 11.5. The normalized spacial score (nSPS) is 10.6. The third kappa shape index (κ3) is 6.56. The van der Waals surface area contributed by atoms with Crippen LogP contribution in [0, 0.1) is 0 Å². The monoisotopic (exact) mass is 223 g/mol. The van der Waals surface area contributed by atoms with Crippen LogP contribution in [0.5, 0.6) is 0 Å². The summed E-state index contributed by atoms with van der Waals surface area (Å²) < 4.78 is 5.55. The highest BCUT2D eigenvalue weighted by Gasteiger charge is 1.92. The van der Waals surface area contributed by atoms with Gasteiger partial charge < -0.3 is 15.2 Å². The minimum Gasteiger partial charge on any atom is -0.395 e. The Balaban J connectivity index is 1.89. The highest BCUT2D eigenvalue weighted by atomic mass is 16.5. The molecule has 0 heterocycles. The van der Waals surface area contributed by atoms with E-state index in [4.69, 9.17) is 9.84 Å². The first-order valence-corrected chi connectivity index (χ1v) is 5.86. The fourth-order valence-corrected chi connectivity index (χ4v) is 1.42. The number of hydrogen-bond acceptors (Lipinski definition) is 3. The first kappa shape index (κ1) is 13.2. The van der Waals surface area contributed by atoms with Gasteiger partial charge in [-0.25, -0.2) is 0 Å². The number of ether oxygens (including phenoxy) is 1. The molecule has 0 saturated heterocycles. The van der Waals surface area contributed by atoms with Crippen molar-refractivity contribution in [3.05, 3.63) is 35.9 Å². The van der Waals surface area contributed by atoms with Gasteiger partial charge in [-0.3, -0.25) is 0 Å². The van der Waals surface area contributed by atoms with Crippen LogP contribution >= 0.6 is 0 Å². The number of aliphatic hydroxyl groups excluding tert-OH is 1.